The van der Waals surface area contributed by atoms with Crippen LogP contribution >= 0.6 is 0 Å². The van der Waals surface area contributed by atoms with E-state index >= 15 is 0 Å². The molecule has 8 heteroatoms. The van der Waals surface area contributed by atoms with E-state index in [1.807, 2.05) is 0 Å². The van der Waals surface area contributed by atoms with Crippen LogP contribution in [0.2, 0.25) is 0 Å². The van der Waals surface area contributed by atoms with Gasteiger partial charge in [0.15, 0.2) is 0 Å². The Balaban J connectivity index is 2.13. The Morgan fingerprint density at radius 3 is 2.11 bits per heavy atom. The van der Waals surface area contributed by atoms with Gasteiger partial charge in [-0.3, -0.25) is 4.99 Å². The predicted molar refractivity (Wildman–Crippen MR) is 127 cm³/mol. The number of hydrogen-bond acceptors (Lipinski definition) is 6. The van der Waals surface area contributed by atoms with Crippen LogP contribution in [0.4, 0.5) is 4.39 Å². The molecule has 0 aromatic heterocycles. The smallest absolute Gasteiger partial charge is 0.343 e. The van der Waals surface area contributed by atoms with Gasteiger partial charge in [0.1, 0.15) is 11.6 Å². The minimum absolute atomic E-state index is 0.00284. The highest BCUT2D eigenvalue weighted by Gasteiger charge is 2.30. The molecule has 7 nitrogen and oxygen atoms in total. The first-order valence-electron chi connectivity index (χ1n) is 10.9. The second-order valence-corrected chi connectivity index (χ2v) is 7.64. The van der Waals surface area contributed by atoms with Crippen LogP contribution in [0.3, 0.4) is 0 Å². The van der Waals surface area contributed by atoms with Crippen molar-refractivity contribution in [3.8, 4) is 5.75 Å². The molecular formula is C27H24FNO6. The van der Waals surface area contributed by atoms with Crippen LogP contribution in [0.25, 0.3) is 0 Å². The summed E-state index contributed by atoms with van der Waals surface area (Å²) in [6, 6.07) is 18.0. The number of halogens is 1. The lowest BCUT2D eigenvalue weighted by Gasteiger charge is -2.17. The number of aliphatic carboxylic acids is 1. The van der Waals surface area contributed by atoms with Crippen molar-refractivity contribution in [2.75, 3.05) is 0 Å². The van der Waals surface area contributed by atoms with E-state index in [1.165, 1.54) is 6.07 Å². The molecule has 0 radical (unpaired) electrons. The topological polar surface area (TPSA) is 102 Å². The van der Waals surface area contributed by atoms with Gasteiger partial charge in [-0.25, -0.2) is 18.8 Å². The first-order chi connectivity index (χ1) is 16.8. The second kappa shape index (κ2) is 11.7. The first-order valence-corrected chi connectivity index (χ1v) is 10.9. The minimum Gasteiger partial charge on any atom is -0.479 e. The summed E-state index contributed by atoms with van der Waals surface area (Å²) in [5.74, 6) is -4.01. The molecule has 0 aliphatic carbocycles. The molecule has 180 valence electrons. The quantitative estimate of drug-likeness (QED) is 0.208. The summed E-state index contributed by atoms with van der Waals surface area (Å²) in [5, 5.41) is 9.72. The van der Waals surface area contributed by atoms with Gasteiger partial charge in [0.2, 0.25) is 6.04 Å². The zero-order valence-corrected chi connectivity index (χ0v) is 19.2. The highest BCUT2D eigenvalue weighted by molar-refractivity contribution is 6.16. The molecule has 1 N–H and O–H groups in total. The summed E-state index contributed by atoms with van der Waals surface area (Å²) in [6.45, 7) is 3.42. The van der Waals surface area contributed by atoms with Crippen LogP contribution < -0.4 is 4.74 Å². The Bertz CT molecular complexity index is 1230. The normalized spacial score (nSPS) is 12.9. The summed E-state index contributed by atoms with van der Waals surface area (Å²) in [6.07, 6.45) is -0.0344. The third kappa shape index (κ3) is 6.60. The van der Waals surface area contributed by atoms with Crippen molar-refractivity contribution < 1.29 is 33.4 Å². The highest BCUT2D eigenvalue weighted by atomic mass is 19.1. The highest BCUT2D eigenvalue weighted by Crippen LogP contribution is 2.26. The van der Waals surface area contributed by atoms with Gasteiger partial charge in [0.05, 0.1) is 17.4 Å². The number of aliphatic imine (C=N–C) groups is 1. The van der Waals surface area contributed by atoms with Gasteiger partial charge in [-0.1, -0.05) is 55.5 Å². The number of rotatable bonds is 9. The van der Waals surface area contributed by atoms with Gasteiger partial charge in [-0.2, -0.15) is 0 Å². The Morgan fingerprint density at radius 2 is 1.54 bits per heavy atom. The molecule has 0 aliphatic rings. The van der Waals surface area contributed by atoms with Crippen LogP contribution in [0.15, 0.2) is 83.9 Å². The summed E-state index contributed by atoms with van der Waals surface area (Å²) in [7, 11) is 0. The number of benzene rings is 3. The van der Waals surface area contributed by atoms with Crippen LogP contribution in [0.5, 0.6) is 5.75 Å². The van der Waals surface area contributed by atoms with Crippen molar-refractivity contribution >= 4 is 23.6 Å². The number of esters is 2. The van der Waals surface area contributed by atoms with Gasteiger partial charge >= 0.3 is 17.9 Å². The SMILES string of the molecule is CCC(C)OC(=O)C(N=C(c1ccccc1)c1cc(F)ccc1OC(=O)c1ccccc1)C(=O)O. The molecule has 3 rings (SSSR count). The third-order valence-electron chi connectivity index (χ3n) is 5.06. The van der Waals surface area contributed by atoms with E-state index < -0.39 is 35.9 Å². The molecule has 35 heavy (non-hydrogen) atoms. The monoisotopic (exact) mass is 477 g/mol. The number of carbonyl (C=O) groups excluding carboxylic acids is 2. The number of carboxylic acids is 1. The van der Waals surface area contributed by atoms with E-state index in [9.17, 15) is 23.9 Å². The fraction of sp³-hybridized carbons (Fsp3) is 0.185. The lowest BCUT2D eigenvalue weighted by Crippen LogP contribution is -2.33. The van der Waals surface area contributed by atoms with E-state index in [0.717, 1.165) is 12.1 Å². The van der Waals surface area contributed by atoms with E-state index in [0.29, 0.717) is 12.0 Å². The number of ether oxygens (including phenoxy) is 2. The molecule has 0 spiro atoms. The van der Waals surface area contributed by atoms with Crippen LogP contribution in [0, 0.1) is 5.82 Å². The standard InChI is InChI=1S/C27H24FNO6/c1-3-17(2)34-27(33)24(25(30)31)29-23(18-10-6-4-7-11-18)21-16-20(28)14-15-22(21)35-26(32)19-12-8-5-9-13-19/h4-17,24H,3H2,1-2H3,(H,30,31). The second-order valence-electron chi connectivity index (χ2n) is 7.64. The van der Waals surface area contributed by atoms with Gasteiger partial charge in [0, 0.05) is 11.1 Å². The average Bonchev–Trinajstić information content (AvgIpc) is 2.86. The summed E-state index contributed by atoms with van der Waals surface area (Å²) in [4.78, 5) is 41.4. The molecule has 3 aromatic rings. The van der Waals surface area contributed by atoms with Crippen LogP contribution in [-0.4, -0.2) is 40.9 Å². The summed E-state index contributed by atoms with van der Waals surface area (Å²) < 4.78 is 25.1. The molecule has 2 atom stereocenters. The number of hydrogen-bond donors (Lipinski definition) is 1. The first kappa shape index (κ1) is 25.3. The van der Waals surface area contributed by atoms with Crippen molar-refractivity contribution in [1.29, 1.82) is 0 Å². The van der Waals surface area contributed by atoms with Crippen molar-refractivity contribution in [3.63, 3.8) is 0 Å². The van der Waals surface area contributed by atoms with E-state index in [-0.39, 0.29) is 22.6 Å². The molecule has 0 heterocycles. The minimum atomic E-state index is -1.92. The largest absolute Gasteiger partial charge is 0.479 e. The van der Waals surface area contributed by atoms with Crippen LogP contribution in [-0.2, 0) is 14.3 Å². The Labute approximate surface area is 201 Å². The molecule has 2 unspecified atom stereocenters. The van der Waals surface area contributed by atoms with E-state index in [1.54, 1.807) is 74.5 Å². The maximum atomic E-state index is 14.4. The molecule has 0 saturated carbocycles. The predicted octanol–water partition coefficient (Wildman–Crippen LogP) is 4.68. The molecular weight excluding hydrogens is 453 g/mol. The summed E-state index contributed by atoms with van der Waals surface area (Å²) >= 11 is 0. The molecule has 0 bridgehead atoms. The van der Waals surface area contributed by atoms with Gasteiger partial charge in [0.25, 0.3) is 0 Å². The van der Waals surface area contributed by atoms with Crippen molar-refractivity contribution in [2.45, 2.75) is 32.4 Å². The third-order valence-corrected chi connectivity index (χ3v) is 5.06. The molecule has 0 fully saturated rings. The Hall–Kier alpha value is -4.33. The average molecular weight is 477 g/mol. The lowest BCUT2D eigenvalue weighted by atomic mass is 10.0. The van der Waals surface area contributed by atoms with Gasteiger partial charge in [-0.15, -0.1) is 0 Å². The van der Waals surface area contributed by atoms with Crippen LogP contribution in [0.1, 0.15) is 41.8 Å². The number of carbonyl (C=O) groups is 3. The van der Waals surface area contributed by atoms with Gasteiger partial charge < -0.3 is 14.6 Å². The van der Waals surface area contributed by atoms with Crippen molar-refractivity contribution in [2.24, 2.45) is 4.99 Å². The molecule has 3 aromatic carbocycles. The molecule has 0 saturated heterocycles. The fourth-order valence-corrected chi connectivity index (χ4v) is 3.09. The lowest BCUT2D eigenvalue weighted by molar-refractivity contribution is -0.156. The zero-order valence-electron chi connectivity index (χ0n) is 19.2. The molecule has 0 amide bonds. The van der Waals surface area contributed by atoms with Crippen molar-refractivity contribution in [1.82, 2.24) is 0 Å². The maximum absolute atomic E-state index is 14.4. The van der Waals surface area contributed by atoms with E-state index in [4.69, 9.17) is 9.47 Å². The van der Waals surface area contributed by atoms with E-state index in [2.05, 4.69) is 4.99 Å². The van der Waals surface area contributed by atoms with Crippen molar-refractivity contribution in [3.05, 3.63) is 101 Å². The summed E-state index contributed by atoms with van der Waals surface area (Å²) in [5.41, 5.74) is 0.608. The number of nitrogens with zero attached hydrogens (tertiary/aromatic N) is 1. The fourth-order valence-electron chi connectivity index (χ4n) is 3.09. The Kier molecular flexibility index (Phi) is 8.45. The number of carboxylic acid groups (broad SMARTS) is 1. The maximum Gasteiger partial charge on any atom is 0.343 e. The Morgan fingerprint density at radius 1 is 0.943 bits per heavy atom. The van der Waals surface area contributed by atoms with Gasteiger partial charge in [-0.05, 0) is 43.7 Å². The molecule has 0 aliphatic heterocycles. The zero-order chi connectivity index (χ0) is 25.4.